The minimum atomic E-state index is -0.406. The summed E-state index contributed by atoms with van der Waals surface area (Å²) in [6.07, 6.45) is 2.74. The van der Waals surface area contributed by atoms with E-state index in [0.717, 1.165) is 27.8 Å². The van der Waals surface area contributed by atoms with Crippen LogP contribution in [0.3, 0.4) is 0 Å². The van der Waals surface area contributed by atoms with Crippen LogP contribution in [-0.2, 0) is 16.0 Å². The van der Waals surface area contributed by atoms with E-state index in [1.54, 1.807) is 0 Å². The summed E-state index contributed by atoms with van der Waals surface area (Å²) in [5, 5.41) is 8.77. The van der Waals surface area contributed by atoms with Gasteiger partial charge in [0.05, 0.1) is 12.5 Å². The maximum absolute atomic E-state index is 11.5. The van der Waals surface area contributed by atoms with Crippen LogP contribution >= 0.6 is 0 Å². The number of hydrogen-bond acceptors (Lipinski definition) is 5. The Kier molecular flexibility index (Phi) is 6.72. The highest BCUT2D eigenvalue weighted by atomic mass is 16.5. The van der Waals surface area contributed by atoms with Crippen LogP contribution in [0.25, 0.3) is 0 Å². The van der Waals surface area contributed by atoms with Gasteiger partial charge in [-0.1, -0.05) is 11.6 Å². The zero-order chi connectivity index (χ0) is 18.4. The Morgan fingerprint density at radius 2 is 1.46 bits per heavy atom. The highest BCUT2D eigenvalue weighted by molar-refractivity contribution is 5.74. The fourth-order valence-corrected chi connectivity index (χ4v) is 2.45. The third kappa shape index (κ3) is 4.69. The molecule has 0 amide bonds. The van der Waals surface area contributed by atoms with E-state index in [-0.39, 0.29) is 0 Å². The molecule has 0 unspecified atom stereocenters. The fourth-order valence-electron chi connectivity index (χ4n) is 2.45. The lowest BCUT2D eigenvalue weighted by Crippen LogP contribution is -2.11. The molecule has 128 valence electrons. The van der Waals surface area contributed by atoms with Crippen LogP contribution in [0.5, 0.6) is 11.5 Å². The minimum Gasteiger partial charge on any atom is -0.426 e. The second kappa shape index (κ2) is 8.30. The van der Waals surface area contributed by atoms with Gasteiger partial charge in [-0.2, -0.15) is 5.26 Å². The first kappa shape index (κ1) is 19.4. The molecule has 0 aliphatic carbocycles. The molecule has 0 heterocycles. The summed E-state index contributed by atoms with van der Waals surface area (Å²) in [6.45, 7) is 10.1. The van der Waals surface area contributed by atoms with Crippen LogP contribution in [0.2, 0.25) is 0 Å². The molecule has 0 bridgehead atoms. The number of rotatable bonds is 5. The van der Waals surface area contributed by atoms with E-state index < -0.39 is 11.9 Å². The number of nitrogens with zero attached hydrogens (tertiary/aromatic N) is 1. The number of hydrogen-bond donors (Lipinski definition) is 0. The highest BCUT2D eigenvalue weighted by Gasteiger charge is 2.21. The Morgan fingerprint density at radius 3 is 1.96 bits per heavy atom. The van der Waals surface area contributed by atoms with E-state index in [9.17, 15) is 9.59 Å². The summed E-state index contributed by atoms with van der Waals surface area (Å²) in [5.74, 6) is 0.186. The van der Waals surface area contributed by atoms with E-state index in [0.29, 0.717) is 24.3 Å². The van der Waals surface area contributed by atoms with Gasteiger partial charge < -0.3 is 9.47 Å². The van der Waals surface area contributed by atoms with Crippen LogP contribution in [0.4, 0.5) is 0 Å². The molecule has 0 saturated heterocycles. The number of nitriles is 1. The molecule has 0 saturated carbocycles. The van der Waals surface area contributed by atoms with E-state index in [1.165, 1.54) is 13.8 Å². The number of ether oxygens (including phenoxy) is 2. The average molecular weight is 329 g/mol. The van der Waals surface area contributed by atoms with E-state index >= 15 is 0 Å². The van der Waals surface area contributed by atoms with E-state index in [2.05, 4.69) is 6.07 Å². The first-order chi connectivity index (χ1) is 11.2. The topological polar surface area (TPSA) is 76.4 Å². The Bertz CT molecular complexity index is 739. The first-order valence-electron chi connectivity index (χ1n) is 7.71. The fraction of sp³-hybridized carbons (Fsp3) is 0.421. The largest absolute Gasteiger partial charge is 0.426 e. The number of esters is 2. The molecule has 1 aromatic carbocycles. The predicted octanol–water partition coefficient (Wildman–Crippen LogP) is 3.86. The smallest absolute Gasteiger partial charge is 0.308 e. The SMILES string of the molecule is CC(=O)Oc1c(C)c(C)c(OC(C)=O)c(C/C=C(/C)CC#N)c1C. The Labute approximate surface area is 142 Å². The third-order valence-electron chi connectivity index (χ3n) is 3.82. The van der Waals surface area contributed by atoms with Gasteiger partial charge in [-0.05, 0) is 50.8 Å². The molecule has 0 atom stereocenters. The van der Waals surface area contributed by atoms with Crippen LogP contribution in [0, 0.1) is 32.1 Å². The average Bonchev–Trinajstić information content (AvgIpc) is 2.48. The molecular weight excluding hydrogens is 306 g/mol. The van der Waals surface area contributed by atoms with Crippen molar-refractivity contribution in [3.63, 3.8) is 0 Å². The Balaban J connectivity index is 3.52. The van der Waals surface area contributed by atoms with Crippen LogP contribution in [-0.4, -0.2) is 11.9 Å². The van der Waals surface area contributed by atoms with Gasteiger partial charge in [-0.25, -0.2) is 0 Å². The zero-order valence-corrected chi connectivity index (χ0v) is 15.1. The second-order valence-corrected chi connectivity index (χ2v) is 5.79. The number of carbonyl (C=O) groups excluding carboxylic acids is 2. The van der Waals surface area contributed by atoms with Crippen molar-refractivity contribution < 1.29 is 19.1 Å². The van der Waals surface area contributed by atoms with Gasteiger partial charge in [-0.15, -0.1) is 0 Å². The first-order valence-corrected chi connectivity index (χ1v) is 7.71. The standard InChI is InChI=1S/C19H23NO4/c1-11(9-10-20)7-8-17-14(4)18(23-15(5)21)12(2)13(3)19(17)24-16(6)22/h7H,8-9H2,1-6H3/b11-7-. The maximum atomic E-state index is 11.5. The quantitative estimate of drug-likeness (QED) is 0.466. The Morgan fingerprint density at radius 1 is 0.958 bits per heavy atom. The molecule has 0 radical (unpaired) electrons. The van der Waals surface area contributed by atoms with Gasteiger partial charge in [0.2, 0.25) is 0 Å². The molecule has 0 aromatic heterocycles. The van der Waals surface area contributed by atoms with Gasteiger partial charge in [0, 0.05) is 19.4 Å². The van der Waals surface area contributed by atoms with Gasteiger partial charge in [0.1, 0.15) is 11.5 Å². The molecule has 5 heteroatoms. The zero-order valence-electron chi connectivity index (χ0n) is 15.1. The van der Waals surface area contributed by atoms with E-state index in [4.69, 9.17) is 14.7 Å². The van der Waals surface area contributed by atoms with Crippen LogP contribution < -0.4 is 9.47 Å². The summed E-state index contributed by atoms with van der Waals surface area (Å²) in [4.78, 5) is 22.9. The van der Waals surface area contributed by atoms with Crippen molar-refractivity contribution >= 4 is 11.9 Å². The molecule has 0 spiro atoms. The third-order valence-corrected chi connectivity index (χ3v) is 3.82. The summed E-state index contributed by atoms with van der Waals surface area (Å²) in [7, 11) is 0. The van der Waals surface area contributed by atoms with Gasteiger partial charge in [0.15, 0.2) is 0 Å². The van der Waals surface area contributed by atoms with Gasteiger partial charge >= 0.3 is 11.9 Å². The molecular formula is C19H23NO4. The molecule has 1 rings (SSSR count). The van der Waals surface area contributed by atoms with Crippen molar-refractivity contribution in [2.24, 2.45) is 0 Å². The minimum absolute atomic E-state index is 0.337. The lowest BCUT2D eigenvalue weighted by Gasteiger charge is -2.20. The molecule has 0 fully saturated rings. The monoisotopic (exact) mass is 329 g/mol. The summed E-state index contributed by atoms with van der Waals surface area (Å²) in [6, 6.07) is 2.10. The predicted molar refractivity (Wildman–Crippen MR) is 91.0 cm³/mol. The molecule has 0 aliphatic rings. The number of carbonyl (C=O) groups is 2. The van der Waals surface area contributed by atoms with Gasteiger partial charge in [0.25, 0.3) is 0 Å². The van der Waals surface area contributed by atoms with Crippen molar-refractivity contribution in [2.75, 3.05) is 0 Å². The molecule has 0 N–H and O–H groups in total. The normalized spacial score (nSPS) is 11.0. The lowest BCUT2D eigenvalue weighted by molar-refractivity contribution is -0.133. The molecule has 0 aliphatic heterocycles. The number of benzene rings is 1. The van der Waals surface area contributed by atoms with Crippen molar-refractivity contribution in [1.82, 2.24) is 0 Å². The van der Waals surface area contributed by atoms with E-state index in [1.807, 2.05) is 33.8 Å². The molecule has 5 nitrogen and oxygen atoms in total. The summed E-state index contributed by atoms with van der Waals surface area (Å²) < 4.78 is 10.8. The lowest BCUT2D eigenvalue weighted by atomic mass is 9.94. The summed E-state index contributed by atoms with van der Waals surface area (Å²) in [5.41, 5.74) is 3.99. The van der Waals surface area contributed by atoms with Crippen molar-refractivity contribution in [3.8, 4) is 17.6 Å². The van der Waals surface area contributed by atoms with Crippen molar-refractivity contribution in [3.05, 3.63) is 33.9 Å². The molecule has 1 aromatic rings. The van der Waals surface area contributed by atoms with Crippen LogP contribution in [0.1, 0.15) is 49.4 Å². The number of allylic oxidation sites excluding steroid dienone is 2. The van der Waals surface area contributed by atoms with Crippen molar-refractivity contribution in [2.45, 2.75) is 54.4 Å². The van der Waals surface area contributed by atoms with Crippen LogP contribution in [0.15, 0.2) is 11.6 Å². The van der Waals surface area contributed by atoms with Gasteiger partial charge in [-0.3, -0.25) is 9.59 Å². The second-order valence-electron chi connectivity index (χ2n) is 5.79. The Hall–Kier alpha value is -2.61. The maximum Gasteiger partial charge on any atom is 0.308 e. The summed E-state index contributed by atoms with van der Waals surface area (Å²) >= 11 is 0. The molecule has 24 heavy (non-hydrogen) atoms. The van der Waals surface area contributed by atoms with Crippen molar-refractivity contribution in [1.29, 1.82) is 5.26 Å². The highest BCUT2D eigenvalue weighted by Crippen LogP contribution is 2.38.